The number of fused-ring (bicyclic) bond motifs is 1. The van der Waals surface area contributed by atoms with Gasteiger partial charge in [-0.05, 0) is 82.5 Å². The van der Waals surface area contributed by atoms with E-state index < -0.39 is 38.7 Å². The van der Waals surface area contributed by atoms with E-state index in [2.05, 4.69) is 26.2 Å². The Balaban J connectivity index is 1.44. The number of hydrogen-bond donors (Lipinski definition) is 1. The molecule has 51 heavy (non-hydrogen) atoms. The van der Waals surface area contributed by atoms with Crippen LogP contribution >= 0.6 is 27.3 Å². The molecule has 0 saturated carbocycles. The van der Waals surface area contributed by atoms with Crippen molar-refractivity contribution in [3.05, 3.63) is 152 Å². The monoisotopic (exact) mass is 771 g/mol. The molecule has 6 rings (SSSR count). The van der Waals surface area contributed by atoms with Gasteiger partial charge >= 0.3 is 5.69 Å². The first-order chi connectivity index (χ1) is 24.5. The van der Waals surface area contributed by atoms with Crippen LogP contribution in [0.5, 0.6) is 23.0 Å². The van der Waals surface area contributed by atoms with Crippen LogP contribution in [0, 0.1) is 20.2 Å². The number of rotatable bonds is 10. The summed E-state index contributed by atoms with van der Waals surface area (Å²) in [5, 5.41) is 25.8. The average Bonchev–Trinajstić information content (AvgIpc) is 3.42. The molecule has 0 bridgehead atoms. The number of hydrogen-bond acceptors (Lipinski definition) is 11. The number of nitrogens with zero attached hydrogens (tertiary/aromatic N) is 4. The van der Waals surface area contributed by atoms with E-state index in [9.17, 15) is 29.8 Å². The van der Waals surface area contributed by atoms with Crippen LogP contribution < -0.4 is 34.4 Å². The summed E-state index contributed by atoms with van der Waals surface area (Å²) in [7, 11) is 2.90. The maximum absolute atomic E-state index is 14.2. The summed E-state index contributed by atoms with van der Waals surface area (Å²) in [5.74, 6) is 0.106. The highest BCUT2D eigenvalue weighted by Crippen LogP contribution is 2.43. The Morgan fingerprint density at radius 2 is 1.73 bits per heavy atom. The van der Waals surface area contributed by atoms with Crippen molar-refractivity contribution in [1.29, 1.82) is 0 Å². The van der Waals surface area contributed by atoms with Crippen molar-refractivity contribution in [3.8, 4) is 23.0 Å². The van der Waals surface area contributed by atoms with Gasteiger partial charge in [-0.25, -0.2) is 4.99 Å². The van der Waals surface area contributed by atoms with Crippen LogP contribution in [0.15, 0.2) is 110 Å². The van der Waals surface area contributed by atoms with Crippen LogP contribution in [-0.2, 0) is 4.79 Å². The van der Waals surface area contributed by atoms with E-state index in [1.165, 1.54) is 18.8 Å². The van der Waals surface area contributed by atoms with Crippen LogP contribution in [0.25, 0.3) is 6.08 Å². The lowest BCUT2D eigenvalue weighted by molar-refractivity contribution is -0.394. The zero-order chi connectivity index (χ0) is 36.4. The molecule has 1 amide bonds. The van der Waals surface area contributed by atoms with Crippen LogP contribution in [0.4, 0.5) is 17.1 Å². The van der Waals surface area contributed by atoms with Crippen molar-refractivity contribution >= 4 is 56.3 Å². The molecular formula is C35H26BrN5O9S. The number of para-hydroxylation sites is 1. The maximum Gasteiger partial charge on any atom is 0.318 e. The molecule has 4 aromatic carbocycles. The number of benzene rings is 4. The van der Waals surface area contributed by atoms with Crippen molar-refractivity contribution in [2.75, 3.05) is 19.5 Å². The first kappa shape index (κ1) is 34.7. The first-order valence-electron chi connectivity index (χ1n) is 15.0. The topological polar surface area (TPSA) is 177 Å². The van der Waals surface area contributed by atoms with Gasteiger partial charge in [0, 0.05) is 11.8 Å². The number of anilines is 1. The Kier molecular flexibility index (Phi) is 9.79. The molecule has 5 aromatic rings. The number of methoxy groups -OCH3 is 2. The van der Waals surface area contributed by atoms with E-state index in [4.69, 9.17) is 14.2 Å². The third kappa shape index (κ3) is 6.99. The van der Waals surface area contributed by atoms with Crippen molar-refractivity contribution < 1.29 is 28.9 Å². The Hall–Kier alpha value is -6.13. The predicted octanol–water partition coefficient (Wildman–Crippen LogP) is 6.26. The number of nitro groups is 2. The smallest absolute Gasteiger partial charge is 0.318 e. The summed E-state index contributed by atoms with van der Waals surface area (Å²) < 4.78 is 18.9. The van der Waals surface area contributed by atoms with Gasteiger partial charge in [0.15, 0.2) is 16.3 Å². The third-order valence-corrected chi connectivity index (χ3v) is 9.39. The molecule has 0 unspecified atom stereocenters. The van der Waals surface area contributed by atoms with Gasteiger partial charge in [-0.2, -0.15) is 0 Å². The molecule has 16 heteroatoms. The van der Waals surface area contributed by atoms with E-state index in [-0.39, 0.29) is 22.8 Å². The summed E-state index contributed by atoms with van der Waals surface area (Å²) >= 11 is 4.57. The van der Waals surface area contributed by atoms with Crippen molar-refractivity contribution in [2.24, 2.45) is 4.99 Å². The van der Waals surface area contributed by atoms with Crippen LogP contribution in [0.3, 0.4) is 0 Å². The number of ether oxygens (including phenoxy) is 3. The van der Waals surface area contributed by atoms with E-state index in [1.807, 2.05) is 12.1 Å². The SMILES string of the molecule is COc1cccc([C@@H]2C(C(=O)Nc3ccccc3)=C(C)N=c3s/c(=C\c4cc(Br)c(Oc5ccc([N+](=O)[O-])cc5[N+](=O)[O-])c(OC)c4)c(=O)n32)c1. The molecule has 0 radical (unpaired) electrons. The van der Waals surface area contributed by atoms with E-state index in [0.717, 1.165) is 29.5 Å². The van der Waals surface area contributed by atoms with Gasteiger partial charge in [0.2, 0.25) is 5.75 Å². The summed E-state index contributed by atoms with van der Waals surface area (Å²) in [4.78, 5) is 54.5. The number of halogens is 1. The molecule has 258 valence electrons. The van der Waals surface area contributed by atoms with Gasteiger partial charge in [-0.1, -0.05) is 41.7 Å². The Morgan fingerprint density at radius 1 is 0.961 bits per heavy atom. The van der Waals surface area contributed by atoms with Gasteiger partial charge in [0.1, 0.15) is 5.75 Å². The lowest BCUT2D eigenvalue weighted by Crippen LogP contribution is -2.40. The molecule has 1 aliphatic rings. The normalized spacial score (nSPS) is 14.0. The second kappa shape index (κ2) is 14.4. The number of carbonyl (C=O) groups is 1. The predicted molar refractivity (Wildman–Crippen MR) is 192 cm³/mol. The van der Waals surface area contributed by atoms with E-state index in [0.29, 0.717) is 42.1 Å². The van der Waals surface area contributed by atoms with Gasteiger partial charge in [0.05, 0.1) is 56.4 Å². The third-order valence-electron chi connectivity index (χ3n) is 7.82. The molecule has 1 aliphatic heterocycles. The maximum atomic E-state index is 14.2. The van der Waals surface area contributed by atoms with Crippen LogP contribution in [-0.4, -0.2) is 34.5 Å². The van der Waals surface area contributed by atoms with Gasteiger partial charge in [-0.3, -0.25) is 34.4 Å². The van der Waals surface area contributed by atoms with Crippen molar-refractivity contribution in [2.45, 2.75) is 13.0 Å². The second-order valence-corrected chi connectivity index (χ2v) is 12.8. The Bertz CT molecular complexity index is 2440. The molecule has 0 fully saturated rings. The minimum absolute atomic E-state index is 0.0655. The van der Waals surface area contributed by atoms with Crippen LogP contribution in [0.1, 0.15) is 24.1 Å². The number of allylic oxidation sites excluding steroid dienone is 1. The number of non-ortho nitro benzene ring substituents is 1. The highest BCUT2D eigenvalue weighted by Gasteiger charge is 2.33. The summed E-state index contributed by atoms with van der Waals surface area (Å²) in [6.07, 6.45) is 1.63. The standard InChI is InChI=1S/C35H26BrN5O9S/c1-19-30(33(42)38-22-9-5-4-6-10-22)31(21-8-7-11-24(17-21)48-2)39-34(43)29(51-35(39)37-19)16-20-14-25(36)32(28(15-20)49-3)50-27-13-12-23(40(44)45)18-26(27)41(46)47/h4-18,31H,1-3H3,(H,38,42)/b29-16-/t31-/m1/s1. The molecule has 2 heterocycles. The van der Waals surface area contributed by atoms with Gasteiger partial charge in [0.25, 0.3) is 17.2 Å². The van der Waals surface area contributed by atoms with Gasteiger partial charge in [-0.15, -0.1) is 0 Å². The fourth-order valence-corrected chi connectivity index (χ4v) is 7.08. The van der Waals surface area contributed by atoms with E-state index in [1.54, 1.807) is 67.6 Å². The number of thiazole rings is 1. The fraction of sp³-hybridized carbons (Fsp3) is 0.114. The molecule has 1 N–H and O–H groups in total. The molecule has 1 atom stereocenters. The summed E-state index contributed by atoms with van der Waals surface area (Å²) in [6, 6.07) is 21.5. The number of aromatic nitrogens is 1. The van der Waals surface area contributed by atoms with E-state index >= 15 is 0 Å². The first-order valence-corrected chi connectivity index (χ1v) is 16.6. The molecule has 14 nitrogen and oxygen atoms in total. The summed E-state index contributed by atoms with van der Waals surface area (Å²) in [5.41, 5.74) is 0.977. The number of carbonyl (C=O) groups excluding carboxylic acids is 1. The molecule has 0 saturated heterocycles. The molecule has 0 spiro atoms. The van der Waals surface area contributed by atoms with Crippen molar-refractivity contribution in [3.63, 3.8) is 0 Å². The lowest BCUT2D eigenvalue weighted by Gasteiger charge is -2.25. The average molecular weight is 773 g/mol. The molecule has 0 aliphatic carbocycles. The zero-order valence-electron chi connectivity index (χ0n) is 27.0. The Morgan fingerprint density at radius 3 is 2.41 bits per heavy atom. The second-order valence-electron chi connectivity index (χ2n) is 11.0. The zero-order valence-corrected chi connectivity index (χ0v) is 29.4. The van der Waals surface area contributed by atoms with Crippen molar-refractivity contribution in [1.82, 2.24) is 4.57 Å². The van der Waals surface area contributed by atoms with Crippen LogP contribution in [0.2, 0.25) is 0 Å². The largest absolute Gasteiger partial charge is 0.497 e. The quantitative estimate of drug-likeness (QED) is 0.127. The lowest BCUT2D eigenvalue weighted by atomic mass is 9.95. The number of nitrogens with one attached hydrogen (secondary N) is 1. The summed E-state index contributed by atoms with van der Waals surface area (Å²) in [6.45, 7) is 1.72. The highest BCUT2D eigenvalue weighted by atomic mass is 79.9. The molecular weight excluding hydrogens is 746 g/mol. The fourth-order valence-electron chi connectivity index (χ4n) is 5.49. The highest BCUT2D eigenvalue weighted by molar-refractivity contribution is 9.10. The van der Waals surface area contributed by atoms with Gasteiger partial charge < -0.3 is 19.5 Å². The number of nitro benzene ring substituents is 2. The minimum atomic E-state index is -0.836. The number of amides is 1. The Labute approximate surface area is 301 Å². The molecule has 1 aromatic heterocycles. The minimum Gasteiger partial charge on any atom is -0.497 e.